The first-order valence-electron chi connectivity index (χ1n) is 13.0. The Morgan fingerprint density at radius 3 is 2.35 bits per heavy atom. The summed E-state index contributed by atoms with van der Waals surface area (Å²) >= 11 is 0. The Morgan fingerprint density at radius 1 is 0.912 bits per heavy atom. The Morgan fingerprint density at radius 2 is 1.65 bits per heavy atom. The molecule has 0 N–H and O–H groups in total. The molecule has 182 valence electrons. The molecule has 1 amide bonds. The maximum absolute atomic E-state index is 12.7. The third kappa shape index (κ3) is 5.40. The molecule has 1 fully saturated rings. The van der Waals surface area contributed by atoms with E-state index in [1.165, 1.54) is 19.3 Å². The van der Waals surface area contributed by atoms with Crippen molar-refractivity contribution in [2.24, 2.45) is 0 Å². The predicted octanol–water partition coefficient (Wildman–Crippen LogP) is 5.09. The average Bonchev–Trinajstić information content (AvgIpc) is 3.20. The molecule has 0 saturated carbocycles. The third-order valence-corrected chi connectivity index (χ3v) is 6.63. The summed E-state index contributed by atoms with van der Waals surface area (Å²) in [4.78, 5) is 27.0. The first kappa shape index (κ1) is 24.2. The number of benzene rings is 1. The lowest BCUT2D eigenvalue weighted by molar-refractivity contribution is -0.131. The molecule has 0 bridgehead atoms. The lowest BCUT2D eigenvalue weighted by Gasteiger charge is -2.36. The molecule has 3 heterocycles. The number of carbonyl (C=O) groups is 1. The number of nitrogens with zero attached hydrogens (tertiary/aromatic N) is 6. The van der Waals surface area contributed by atoms with Crippen molar-refractivity contribution in [3.8, 4) is 5.69 Å². The standard InChI is InChI=1S/C27H38N6O/c1-4-6-7-8-12-16-24(34)31-17-19-32(20-18-31)26-25-21(3)30-33(22-14-10-9-11-15-22)27(25)29-23(28-26)13-5-2/h9-11,14-15H,4-8,12-13,16-20H2,1-3H3. The van der Waals surface area contributed by atoms with Crippen LogP contribution in [-0.2, 0) is 11.2 Å². The maximum Gasteiger partial charge on any atom is 0.222 e. The van der Waals surface area contributed by atoms with Crippen molar-refractivity contribution in [2.75, 3.05) is 31.1 Å². The smallest absolute Gasteiger partial charge is 0.222 e. The number of para-hydroxylation sites is 1. The van der Waals surface area contributed by atoms with E-state index in [1.54, 1.807) is 0 Å². The molecule has 7 heteroatoms. The van der Waals surface area contributed by atoms with Crippen LogP contribution in [0.1, 0.15) is 70.3 Å². The van der Waals surface area contributed by atoms with E-state index in [0.717, 1.165) is 85.9 Å². The van der Waals surface area contributed by atoms with Crippen LogP contribution in [-0.4, -0.2) is 56.7 Å². The van der Waals surface area contributed by atoms with E-state index in [9.17, 15) is 4.79 Å². The van der Waals surface area contributed by atoms with Gasteiger partial charge in [0.15, 0.2) is 5.65 Å². The van der Waals surface area contributed by atoms with Gasteiger partial charge < -0.3 is 9.80 Å². The lowest BCUT2D eigenvalue weighted by atomic mass is 10.1. The van der Waals surface area contributed by atoms with Gasteiger partial charge in [-0.2, -0.15) is 5.10 Å². The molecule has 34 heavy (non-hydrogen) atoms. The number of fused-ring (bicyclic) bond motifs is 1. The summed E-state index contributed by atoms with van der Waals surface area (Å²) in [5, 5.41) is 5.85. The van der Waals surface area contributed by atoms with Crippen molar-refractivity contribution < 1.29 is 4.79 Å². The monoisotopic (exact) mass is 462 g/mol. The Hall–Kier alpha value is -2.96. The number of aryl methyl sites for hydroxylation is 2. The van der Waals surface area contributed by atoms with Crippen LogP contribution in [0.15, 0.2) is 30.3 Å². The van der Waals surface area contributed by atoms with E-state index in [2.05, 4.69) is 30.9 Å². The zero-order valence-corrected chi connectivity index (χ0v) is 21.0. The van der Waals surface area contributed by atoms with Crippen LogP contribution < -0.4 is 4.90 Å². The molecule has 1 aliphatic heterocycles. The SMILES string of the molecule is CCCCCCCC(=O)N1CCN(c2nc(CCC)nc3c2c(C)nn3-c2ccccc2)CC1. The fraction of sp³-hybridized carbons (Fsp3) is 0.556. The number of rotatable bonds is 10. The quantitative estimate of drug-likeness (QED) is 0.393. The zero-order valence-electron chi connectivity index (χ0n) is 21.0. The van der Waals surface area contributed by atoms with Gasteiger partial charge in [-0.25, -0.2) is 14.6 Å². The Kier molecular flexibility index (Phi) is 8.14. The van der Waals surface area contributed by atoms with E-state index < -0.39 is 0 Å². The molecule has 0 radical (unpaired) electrons. The van der Waals surface area contributed by atoms with Gasteiger partial charge in [-0.05, 0) is 31.9 Å². The molecular weight excluding hydrogens is 424 g/mol. The fourth-order valence-electron chi connectivity index (χ4n) is 4.72. The predicted molar refractivity (Wildman–Crippen MR) is 138 cm³/mol. The fourth-order valence-corrected chi connectivity index (χ4v) is 4.72. The maximum atomic E-state index is 12.7. The normalized spacial score (nSPS) is 14.2. The Bertz CT molecular complexity index is 1090. The van der Waals surface area contributed by atoms with Gasteiger partial charge in [0.2, 0.25) is 5.91 Å². The van der Waals surface area contributed by atoms with Crippen molar-refractivity contribution >= 4 is 22.8 Å². The molecule has 1 aromatic carbocycles. The van der Waals surface area contributed by atoms with Crippen molar-refractivity contribution in [3.63, 3.8) is 0 Å². The lowest BCUT2D eigenvalue weighted by Crippen LogP contribution is -2.49. The van der Waals surface area contributed by atoms with Crippen molar-refractivity contribution in [1.29, 1.82) is 0 Å². The zero-order chi connectivity index (χ0) is 23.9. The van der Waals surface area contributed by atoms with Crippen molar-refractivity contribution in [1.82, 2.24) is 24.6 Å². The number of carbonyl (C=O) groups excluding carboxylic acids is 1. The van der Waals surface area contributed by atoms with Crippen LogP contribution in [0.5, 0.6) is 0 Å². The molecule has 2 aromatic heterocycles. The number of anilines is 1. The van der Waals surface area contributed by atoms with Crippen LogP contribution in [0.4, 0.5) is 5.82 Å². The molecule has 0 aliphatic carbocycles. The van der Waals surface area contributed by atoms with Crippen LogP contribution >= 0.6 is 0 Å². The van der Waals surface area contributed by atoms with Crippen LogP contribution in [0.25, 0.3) is 16.7 Å². The van der Waals surface area contributed by atoms with Gasteiger partial charge in [-0.15, -0.1) is 0 Å². The summed E-state index contributed by atoms with van der Waals surface area (Å²) < 4.78 is 1.94. The van der Waals surface area contributed by atoms with E-state index >= 15 is 0 Å². The first-order valence-corrected chi connectivity index (χ1v) is 13.0. The summed E-state index contributed by atoms with van der Waals surface area (Å²) in [5.41, 5.74) is 2.80. The molecule has 4 rings (SSSR count). The van der Waals surface area contributed by atoms with Crippen molar-refractivity contribution in [2.45, 2.75) is 72.1 Å². The van der Waals surface area contributed by atoms with Gasteiger partial charge in [0.05, 0.1) is 16.8 Å². The van der Waals surface area contributed by atoms with Gasteiger partial charge >= 0.3 is 0 Å². The van der Waals surface area contributed by atoms with Crippen molar-refractivity contribution in [3.05, 3.63) is 41.9 Å². The molecular formula is C27H38N6O. The van der Waals surface area contributed by atoms with Crippen LogP contribution in [0.2, 0.25) is 0 Å². The van der Waals surface area contributed by atoms with E-state index in [4.69, 9.17) is 15.1 Å². The van der Waals surface area contributed by atoms with E-state index in [-0.39, 0.29) is 0 Å². The second kappa shape index (κ2) is 11.4. The highest BCUT2D eigenvalue weighted by molar-refractivity contribution is 5.91. The summed E-state index contributed by atoms with van der Waals surface area (Å²) in [6.45, 7) is 9.47. The Labute approximate surface area is 203 Å². The van der Waals surface area contributed by atoms with E-state index in [1.807, 2.05) is 34.7 Å². The highest BCUT2D eigenvalue weighted by atomic mass is 16.2. The van der Waals surface area contributed by atoms with Crippen LogP contribution in [0, 0.1) is 6.92 Å². The van der Waals surface area contributed by atoms with Gasteiger partial charge in [0.1, 0.15) is 11.6 Å². The molecule has 1 aliphatic rings. The number of hydrogen-bond acceptors (Lipinski definition) is 5. The minimum absolute atomic E-state index is 0.295. The summed E-state index contributed by atoms with van der Waals surface area (Å²) in [7, 11) is 0. The second-order valence-corrected chi connectivity index (χ2v) is 9.28. The molecule has 0 unspecified atom stereocenters. The van der Waals surface area contributed by atoms with Crippen LogP contribution in [0.3, 0.4) is 0 Å². The minimum Gasteiger partial charge on any atom is -0.352 e. The largest absolute Gasteiger partial charge is 0.352 e. The molecule has 0 atom stereocenters. The second-order valence-electron chi connectivity index (χ2n) is 9.28. The summed E-state index contributed by atoms with van der Waals surface area (Å²) in [6, 6.07) is 10.2. The van der Waals surface area contributed by atoms with Gasteiger partial charge in [0.25, 0.3) is 0 Å². The van der Waals surface area contributed by atoms with Gasteiger partial charge in [-0.3, -0.25) is 4.79 Å². The Balaban J connectivity index is 1.53. The van der Waals surface area contributed by atoms with E-state index in [0.29, 0.717) is 12.3 Å². The summed E-state index contributed by atoms with van der Waals surface area (Å²) in [6.07, 6.45) is 8.38. The number of aromatic nitrogens is 4. The topological polar surface area (TPSA) is 67.2 Å². The van der Waals surface area contributed by atoms with Gasteiger partial charge in [0, 0.05) is 39.0 Å². The highest BCUT2D eigenvalue weighted by Crippen LogP contribution is 2.30. The molecule has 3 aromatic rings. The number of hydrogen-bond donors (Lipinski definition) is 0. The summed E-state index contributed by atoms with van der Waals surface area (Å²) in [5.74, 6) is 2.11. The minimum atomic E-state index is 0.295. The molecule has 7 nitrogen and oxygen atoms in total. The van der Waals surface area contributed by atoms with Gasteiger partial charge in [-0.1, -0.05) is 57.7 Å². The average molecular weight is 463 g/mol. The first-order chi connectivity index (χ1) is 16.6. The number of amides is 1. The number of unbranched alkanes of at least 4 members (excludes halogenated alkanes) is 4. The molecule has 1 saturated heterocycles. The molecule has 0 spiro atoms. The highest BCUT2D eigenvalue weighted by Gasteiger charge is 2.26. The number of piperazine rings is 1. The third-order valence-electron chi connectivity index (χ3n) is 6.63.